The Morgan fingerprint density at radius 3 is 2.76 bits per heavy atom. The molecule has 1 aromatic heterocycles. The number of aromatic nitrogens is 2. The van der Waals surface area contributed by atoms with Crippen LogP contribution < -0.4 is 10.1 Å². The Hall–Kier alpha value is -1.81. The lowest BCUT2D eigenvalue weighted by Gasteiger charge is -2.20. The summed E-state index contributed by atoms with van der Waals surface area (Å²) < 4.78 is 8.11. The zero-order valence-electron chi connectivity index (χ0n) is 13.2. The standard InChI is InChI=1S/C17H25N3O/c1-4-16(18-5-2)15-8-6-7-9-17(15)21-13-12-20-11-10-19-14(20)3/h6-11,16,18H,4-5,12-13H2,1-3H3. The van der Waals surface area contributed by atoms with Crippen molar-refractivity contribution in [2.45, 2.75) is 39.8 Å². The molecule has 0 aliphatic rings. The molecule has 0 fully saturated rings. The largest absolute Gasteiger partial charge is 0.491 e. The molecule has 1 N–H and O–H groups in total. The molecule has 21 heavy (non-hydrogen) atoms. The van der Waals surface area contributed by atoms with E-state index in [9.17, 15) is 0 Å². The second-order valence-corrected chi connectivity index (χ2v) is 5.07. The zero-order valence-corrected chi connectivity index (χ0v) is 13.2. The van der Waals surface area contributed by atoms with Gasteiger partial charge in [0.2, 0.25) is 0 Å². The van der Waals surface area contributed by atoms with Crippen LogP contribution in [0.1, 0.15) is 37.7 Å². The Morgan fingerprint density at radius 1 is 1.29 bits per heavy atom. The number of nitrogens with one attached hydrogen (secondary N) is 1. The zero-order chi connectivity index (χ0) is 15.1. The van der Waals surface area contributed by atoms with Crippen LogP contribution in [0.15, 0.2) is 36.7 Å². The summed E-state index contributed by atoms with van der Waals surface area (Å²) in [6.45, 7) is 8.76. The van der Waals surface area contributed by atoms with E-state index in [0.29, 0.717) is 12.6 Å². The van der Waals surface area contributed by atoms with Gasteiger partial charge in [-0.15, -0.1) is 0 Å². The third-order valence-electron chi connectivity index (χ3n) is 3.67. The molecule has 0 radical (unpaired) electrons. The quantitative estimate of drug-likeness (QED) is 0.809. The Kier molecular flexibility index (Phi) is 5.81. The highest BCUT2D eigenvalue weighted by atomic mass is 16.5. The molecule has 0 bridgehead atoms. The molecule has 1 atom stereocenters. The van der Waals surface area contributed by atoms with Gasteiger partial charge in [0, 0.05) is 24.0 Å². The van der Waals surface area contributed by atoms with Crippen molar-refractivity contribution >= 4 is 0 Å². The summed E-state index contributed by atoms with van der Waals surface area (Å²) in [6, 6.07) is 8.65. The van der Waals surface area contributed by atoms with E-state index >= 15 is 0 Å². The summed E-state index contributed by atoms with van der Waals surface area (Å²) in [4.78, 5) is 4.22. The number of aryl methyl sites for hydroxylation is 1. The van der Waals surface area contributed by atoms with E-state index in [1.54, 1.807) is 0 Å². The fourth-order valence-electron chi connectivity index (χ4n) is 2.51. The summed E-state index contributed by atoms with van der Waals surface area (Å²) in [5.41, 5.74) is 1.24. The number of rotatable bonds is 8. The Morgan fingerprint density at radius 2 is 2.10 bits per heavy atom. The van der Waals surface area contributed by atoms with Crippen LogP contribution in [0.2, 0.25) is 0 Å². The number of hydrogen-bond donors (Lipinski definition) is 1. The predicted molar refractivity (Wildman–Crippen MR) is 85.6 cm³/mol. The maximum absolute atomic E-state index is 6.01. The van der Waals surface area contributed by atoms with Crippen LogP contribution >= 0.6 is 0 Å². The van der Waals surface area contributed by atoms with Gasteiger partial charge in [0.15, 0.2) is 0 Å². The van der Waals surface area contributed by atoms with E-state index in [4.69, 9.17) is 4.74 Å². The number of nitrogens with zero attached hydrogens (tertiary/aromatic N) is 2. The maximum Gasteiger partial charge on any atom is 0.124 e. The molecule has 0 saturated heterocycles. The summed E-state index contributed by atoms with van der Waals surface area (Å²) in [5, 5.41) is 3.51. The van der Waals surface area contributed by atoms with Crippen LogP contribution in [0, 0.1) is 6.92 Å². The Balaban J connectivity index is 2.01. The molecular formula is C17H25N3O. The minimum atomic E-state index is 0.348. The van der Waals surface area contributed by atoms with Crippen molar-refractivity contribution in [1.82, 2.24) is 14.9 Å². The van der Waals surface area contributed by atoms with E-state index in [2.05, 4.69) is 46.9 Å². The first kappa shape index (κ1) is 15.6. The summed E-state index contributed by atoms with van der Waals surface area (Å²) >= 11 is 0. The molecular weight excluding hydrogens is 262 g/mol. The van der Waals surface area contributed by atoms with Gasteiger partial charge >= 0.3 is 0 Å². The van der Waals surface area contributed by atoms with Crippen molar-refractivity contribution in [3.63, 3.8) is 0 Å². The fraction of sp³-hybridized carbons (Fsp3) is 0.471. The highest BCUT2D eigenvalue weighted by molar-refractivity contribution is 5.35. The molecule has 114 valence electrons. The van der Waals surface area contributed by atoms with Crippen LogP contribution in [0.4, 0.5) is 0 Å². The monoisotopic (exact) mass is 287 g/mol. The molecule has 1 unspecified atom stereocenters. The predicted octanol–water partition coefficient (Wildman–Crippen LogP) is 3.33. The molecule has 1 aromatic carbocycles. The Bertz CT molecular complexity index is 550. The molecule has 4 heteroatoms. The van der Waals surface area contributed by atoms with Gasteiger partial charge in [-0.05, 0) is 26.0 Å². The van der Waals surface area contributed by atoms with Gasteiger partial charge in [0.05, 0.1) is 6.54 Å². The topological polar surface area (TPSA) is 39.1 Å². The fourth-order valence-corrected chi connectivity index (χ4v) is 2.51. The van der Waals surface area contributed by atoms with E-state index < -0.39 is 0 Å². The van der Waals surface area contributed by atoms with E-state index in [-0.39, 0.29) is 0 Å². The molecule has 0 aliphatic carbocycles. The second-order valence-electron chi connectivity index (χ2n) is 5.07. The normalized spacial score (nSPS) is 12.3. The molecule has 2 rings (SSSR count). The third kappa shape index (κ3) is 4.08. The van der Waals surface area contributed by atoms with Gasteiger partial charge in [-0.3, -0.25) is 0 Å². The van der Waals surface area contributed by atoms with Gasteiger partial charge in [-0.1, -0.05) is 32.0 Å². The lowest BCUT2D eigenvalue weighted by molar-refractivity contribution is 0.290. The van der Waals surface area contributed by atoms with Crippen LogP contribution in [-0.4, -0.2) is 22.7 Å². The molecule has 0 aliphatic heterocycles. The summed E-state index contributed by atoms with van der Waals surface area (Å²) in [7, 11) is 0. The SMILES string of the molecule is CCNC(CC)c1ccccc1OCCn1ccnc1C. The summed E-state index contributed by atoms with van der Waals surface area (Å²) in [6.07, 6.45) is 4.86. The van der Waals surface area contributed by atoms with Gasteiger partial charge in [-0.2, -0.15) is 0 Å². The molecule has 0 spiro atoms. The number of para-hydroxylation sites is 1. The van der Waals surface area contributed by atoms with E-state index in [1.807, 2.05) is 25.4 Å². The highest BCUT2D eigenvalue weighted by Gasteiger charge is 2.13. The lowest BCUT2D eigenvalue weighted by Crippen LogP contribution is -2.21. The molecule has 0 saturated carbocycles. The van der Waals surface area contributed by atoms with Gasteiger partial charge in [0.1, 0.15) is 18.2 Å². The number of ether oxygens (including phenoxy) is 1. The number of benzene rings is 1. The van der Waals surface area contributed by atoms with Crippen molar-refractivity contribution in [3.8, 4) is 5.75 Å². The van der Waals surface area contributed by atoms with Gasteiger partial charge < -0.3 is 14.6 Å². The minimum absolute atomic E-state index is 0.348. The smallest absolute Gasteiger partial charge is 0.124 e. The lowest BCUT2D eigenvalue weighted by atomic mass is 10.0. The molecule has 4 nitrogen and oxygen atoms in total. The average Bonchev–Trinajstić information content (AvgIpc) is 2.91. The van der Waals surface area contributed by atoms with E-state index in [1.165, 1.54) is 5.56 Å². The number of imidazole rings is 1. The van der Waals surface area contributed by atoms with Crippen LogP contribution in [0.3, 0.4) is 0 Å². The first-order valence-electron chi connectivity index (χ1n) is 7.69. The van der Waals surface area contributed by atoms with Crippen molar-refractivity contribution in [1.29, 1.82) is 0 Å². The van der Waals surface area contributed by atoms with Gasteiger partial charge in [-0.25, -0.2) is 4.98 Å². The van der Waals surface area contributed by atoms with Crippen molar-refractivity contribution in [2.24, 2.45) is 0 Å². The molecule has 0 amide bonds. The van der Waals surface area contributed by atoms with Crippen molar-refractivity contribution < 1.29 is 4.74 Å². The molecule has 1 heterocycles. The average molecular weight is 287 g/mol. The van der Waals surface area contributed by atoms with Crippen molar-refractivity contribution in [3.05, 3.63) is 48.0 Å². The van der Waals surface area contributed by atoms with E-state index in [0.717, 1.165) is 31.1 Å². The Labute approximate surface area is 127 Å². The van der Waals surface area contributed by atoms with Crippen LogP contribution in [0.5, 0.6) is 5.75 Å². The summed E-state index contributed by atoms with van der Waals surface area (Å²) in [5.74, 6) is 1.99. The van der Waals surface area contributed by atoms with Crippen LogP contribution in [-0.2, 0) is 6.54 Å². The van der Waals surface area contributed by atoms with Crippen LogP contribution in [0.25, 0.3) is 0 Å². The number of hydrogen-bond acceptors (Lipinski definition) is 3. The maximum atomic E-state index is 6.01. The highest BCUT2D eigenvalue weighted by Crippen LogP contribution is 2.27. The third-order valence-corrected chi connectivity index (χ3v) is 3.67. The minimum Gasteiger partial charge on any atom is -0.491 e. The van der Waals surface area contributed by atoms with Gasteiger partial charge in [0.25, 0.3) is 0 Å². The first-order valence-corrected chi connectivity index (χ1v) is 7.69. The molecule has 2 aromatic rings. The van der Waals surface area contributed by atoms with Crippen molar-refractivity contribution in [2.75, 3.05) is 13.2 Å². The first-order chi connectivity index (χ1) is 10.3. The second kappa shape index (κ2) is 7.84.